The number of urea groups is 1. The van der Waals surface area contributed by atoms with Crippen molar-refractivity contribution in [2.45, 2.75) is 63.1 Å². The zero-order valence-electron chi connectivity index (χ0n) is 22.1. The van der Waals surface area contributed by atoms with Crippen LogP contribution in [0.25, 0.3) is 6.08 Å². The molecule has 0 aliphatic carbocycles. The lowest BCUT2D eigenvalue weighted by Gasteiger charge is -2.35. The number of anilines is 1. The van der Waals surface area contributed by atoms with Gasteiger partial charge < -0.3 is 20.4 Å². The van der Waals surface area contributed by atoms with E-state index in [-0.39, 0.29) is 35.8 Å². The number of aromatic nitrogens is 2. The molecular weight excluding hydrogens is 504 g/mol. The second-order valence-electron chi connectivity index (χ2n) is 10.9. The molecule has 3 atom stereocenters. The van der Waals surface area contributed by atoms with Gasteiger partial charge in [0.05, 0.1) is 18.3 Å². The van der Waals surface area contributed by atoms with Crippen LogP contribution in [0.2, 0.25) is 0 Å². The molecule has 2 saturated heterocycles. The number of carbonyl (C=O) groups excluding carboxylic acids is 1. The number of nitrogens with zero attached hydrogens (tertiary/aromatic N) is 4. The summed E-state index contributed by atoms with van der Waals surface area (Å²) < 4.78 is 30.5. The summed E-state index contributed by atoms with van der Waals surface area (Å²) in [6.07, 6.45) is 7.42. The van der Waals surface area contributed by atoms with Crippen molar-refractivity contribution < 1.29 is 13.6 Å². The smallest absolute Gasteiger partial charge is 0.327 e. The SMILES string of the molecule is CCC1CN=C2[C@H](NC(=O)N3CCC(n4c5c([nH]c4=O)NCC=C5)CC3)CC[C@@H](c3cccc(F)c3F)CN21. The van der Waals surface area contributed by atoms with Gasteiger partial charge in [0.15, 0.2) is 11.6 Å². The van der Waals surface area contributed by atoms with Gasteiger partial charge in [-0.05, 0) is 49.8 Å². The first-order chi connectivity index (χ1) is 18.9. The molecule has 4 aliphatic rings. The lowest BCUT2D eigenvalue weighted by Crippen LogP contribution is -2.53. The van der Waals surface area contributed by atoms with E-state index in [1.165, 1.54) is 0 Å². The quantitative estimate of drug-likeness (QED) is 0.552. The van der Waals surface area contributed by atoms with E-state index in [0.29, 0.717) is 64.0 Å². The Morgan fingerprint density at radius 1 is 1.18 bits per heavy atom. The van der Waals surface area contributed by atoms with Gasteiger partial charge in [-0.25, -0.2) is 18.4 Å². The maximum Gasteiger partial charge on any atom is 0.327 e. The third-order valence-corrected chi connectivity index (χ3v) is 8.68. The van der Waals surface area contributed by atoms with Crippen LogP contribution in [-0.4, -0.2) is 76.0 Å². The van der Waals surface area contributed by atoms with Crippen molar-refractivity contribution in [1.82, 2.24) is 24.7 Å². The first-order valence-electron chi connectivity index (χ1n) is 14.0. The van der Waals surface area contributed by atoms with Gasteiger partial charge in [-0.1, -0.05) is 25.1 Å². The van der Waals surface area contributed by atoms with Gasteiger partial charge in [0.2, 0.25) is 0 Å². The average molecular weight is 540 g/mol. The number of amides is 2. The summed E-state index contributed by atoms with van der Waals surface area (Å²) in [5.74, 6) is -0.214. The van der Waals surface area contributed by atoms with Gasteiger partial charge in [0.25, 0.3) is 0 Å². The molecule has 39 heavy (non-hydrogen) atoms. The highest BCUT2D eigenvalue weighted by molar-refractivity contribution is 5.93. The van der Waals surface area contributed by atoms with E-state index < -0.39 is 11.6 Å². The highest BCUT2D eigenvalue weighted by atomic mass is 19.2. The van der Waals surface area contributed by atoms with Crippen molar-refractivity contribution in [1.29, 1.82) is 0 Å². The summed E-state index contributed by atoms with van der Waals surface area (Å²) in [5.41, 5.74) is 1.12. The Bertz CT molecular complexity index is 1360. The van der Waals surface area contributed by atoms with Crippen LogP contribution in [-0.2, 0) is 0 Å². The van der Waals surface area contributed by atoms with Crippen LogP contribution in [0.4, 0.5) is 19.4 Å². The number of halogens is 2. The fraction of sp³-hybridized carbons (Fsp3) is 0.536. The minimum absolute atomic E-state index is 0.0194. The van der Waals surface area contributed by atoms with Crippen molar-refractivity contribution in [2.75, 3.05) is 38.0 Å². The minimum atomic E-state index is -0.831. The van der Waals surface area contributed by atoms with Crippen molar-refractivity contribution in [2.24, 2.45) is 4.99 Å². The Balaban J connectivity index is 1.14. The zero-order chi connectivity index (χ0) is 27.1. The second kappa shape index (κ2) is 10.5. The van der Waals surface area contributed by atoms with Crippen LogP contribution in [0.5, 0.6) is 0 Å². The number of fused-ring (bicyclic) bond motifs is 2. The molecule has 0 spiro atoms. The van der Waals surface area contributed by atoms with Crippen molar-refractivity contribution in [3.8, 4) is 0 Å². The molecule has 2 fully saturated rings. The third-order valence-electron chi connectivity index (χ3n) is 8.68. The predicted octanol–water partition coefficient (Wildman–Crippen LogP) is 3.68. The number of aliphatic imine (C=N–C) groups is 1. The highest BCUT2D eigenvalue weighted by Crippen LogP contribution is 2.34. The Morgan fingerprint density at radius 3 is 2.79 bits per heavy atom. The highest BCUT2D eigenvalue weighted by Gasteiger charge is 2.39. The third kappa shape index (κ3) is 4.72. The largest absolute Gasteiger partial charge is 0.366 e. The summed E-state index contributed by atoms with van der Waals surface area (Å²) in [4.78, 5) is 37.7. The van der Waals surface area contributed by atoms with E-state index >= 15 is 0 Å². The molecule has 0 radical (unpaired) electrons. The molecule has 6 rings (SSSR count). The number of likely N-dealkylation sites (tertiary alicyclic amines) is 1. The second-order valence-corrected chi connectivity index (χ2v) is 10.9. The number of hydrogen-bond donors (Lipinski definition) is 3. The Hall–Kier alpha value is -3.63. The lowest BCUT2D eigenvalue weighted by atomic mass is 9.92. The molecule has 0 bridgehead atoms. The number of piperidine rings is 1. The number of imidazole rings is 1. The van der Waals surface area contributed by atoms with Crippen LogP contribution in [0.1, 0.15) is 62.2 Å². The maximum atomic E-state index is 14.7. The topological polar surface area (TPSA) is 97.8 Å². The minimum Gasteiger partial charge on any atom is -0.366 e. The summed E-state index contributed by atoms with van der Waals surface area (Å²) in [7, 11) is 0. The van der Waals surface area contributed by atoms with Gasteiger partial charge in [0.1, 0.15) is 11.7 Å². The number of rotatable bonds is 4. The molecule has 1 aromatic carbocycles. The number of hydrogen-bond acceptors (Lipinski definition) is 5. The van der Waals surface area contributed by atoms with Gasteiger partial charge in [-0.15, -0.1) is 0 Å². The normalized spacial score (nSPS) is 25.0. The van der Waals surface area contributed by atoms with Crippen LogP contribution in [0.3, 0.4) is 0 Å². The molecule has 5 heterocycles. The molecule has 3 N–H and O–H groups in total. The zero-order valence-corrected chi connectivity index (χ0v) is 22.1. The van der Waals surface area contributed by atoms with Crippen LogP contribution < -0.4 is 16.3 Å². The summed E-state index contributed by atoms with van der Waals surface area (Å²) in [6.45, 7) is 5.06. The van der Waals surface area contributed by atoms with Crippen LogP contribution in [0, 0.1) is 11.6 Å². The number of aromatic amines is 1. The molecule has 4 aliphatic heterocycles. The predicted molar refractivity (Wildman–Crippen MR) is 146 cm³/mol. The van der Waals surface area contributed by atoms with Gasteiger partial charge >= 0.3 is 11.7 Å². The summed E-state index contributed by atoms with van der Waals surface area (Å²) >= 11 is 0. The van der Waals surface area contributed by atoms with Crippen LogP contribution in [0.15, 0.2) is 34.1 Å². The van der Waals surface area contributed by atoms with E-state index in [0.717, 1.165) is 29.8 Å². The molecule has 11 heteroatoms. The van der Waals surface area contributed by atoms with Gasteiger partial charge in [0, 0.05) is 44.2 Å². The Kier molecular flexibility index (Phi) is 6.90. The summed E-state index contributed by atoms with van der Waals surface area (Å²) in [6, 6.07) is 4.13. The average Bonchev–Trinajstić information content (AvgIpc) is 3.45. The number of nitrogens with one attached hydrogen (secondary N) is 3. The summed E-state index contributed by atoms with van der Waals surface area (Å²) in [5, 5.41) is 6.40. The van der Waals surface area contributed by atoms with E-state index in [2.05, 4.69) is 27.4 Å². The number of amidine groups is 1. The van der Waals surface area contributed by atoms with Gasteiger partial charge in [-0.2, -0.15) is 0 Å². The van der Waals surface area contributed by atoms with Crippen LogP contribution >= 0.6 is 0 Å². The van der Waals surface area contributed by atoms with E-state index in [4.69, 9.17) is 4.99 Å². The molecule has 1 aromatic heterocycles. The lowest BCUT2D eigenvalue weighted by molar-refractivity contribution is 0.169. The number of carbonyl (C=O) groups is 1. The van der Waals surface area contributed by atoms with Crippen molar-refractivity contribution >= 4 is 23.8 Å². The van der Waals surface area contributed by atoms with E-state index in [9.17, 15) is 18.4 Å². The molecule has 9 nitrogen and oxygen atoms in total. The fourth-order valence-corrected chi connectivity index (χ4v) is 6.55. The Labute approximate surface area is 226 Å². The maximum absolute atomic E-state index is 14.7. The van der Waals surface area contributed by atoms with Crippen molar-refractivity contribution in [3.05, 3.63) is 57.7 Å². The fourth-order valence-electron chi connectivity index (χ4n) is 6.55. The van der Waals surface area contributed by atoms with E-state index in [1.807, 2.05) is 12.2 Å². The molecule has 2 aromatic rings. The standard InChI is InChI=1S/C28H35F2N7O2/c1-2-18-15-32-26-22(9-8-17(16-36(18)26)20-5-3-6-21(29)24(20)30)33-27(38)35-13-10-19(11-14-35)37-23-7-4-12-31-25(23)34-28(37)39/h3-7,17-19,22,31H,2,8-16H2,1H3,(H,33,38)(H,34,39)/t17-,18?,22-/m1/s1. The molecule has 1 unspecified atom stereocenters. The molecule has 0 saturated carbocycles. The van der Waals surface area contributed by atoms with Crippen molar-refractivity contribution in [3.63, 3.8) is 0 Å². The molecule has 2 amide bonds. The monoisotopic (exact) mass is 539 g/mol. The number of H-pyrrole nitrogens is 1. The van der Waals surface area contributed by atoms with Gasteiger partial charge in [-0.3, -0.25) is 14.5 Å². The first-order valence-corrected chi connectivity index (χ1v) is 14.0. The van der Waals surface area contributed by atoms with E-state index in [1.54, 1.807) is 21.6 Å². The molecule has 208 valence electrons. The molecular formula is C28H35F2N7O2. The first kappa shape index (κ1) is 25.6. The Morgan fingerprint density at radius 2 is 2.00 bits per heavy atom. The number of benzene rings is 1.